The molecule has 1 atom stereocenters. The molecule has 1 heterocycles. The first-order valence-corrected chi connectivity index (χ1v) is 11.9. The highest BCUT2D eigenvalue weighted by Gasteiger charge is 2.30. The topological polar surface area (TPSA) is 108 Å². The Morgan fingerprint density at radius 2 is 1.81 bits per heavy atom. The third kappa shape index (κ3) is 5.99. The molecule has 1 aliphatic rings. The summed E-state index contributed by atoms with van der Waals surface area (Å²) in [6, 6.07) is 9.23. The normalized spacial score (nSPS) is 14.5. The average molecular weight is 482 g/mol. The molecule has 1 aliphatic heterocycles. The highest BCUT2D eigenvalue weighted by molar-refractivity contribution is 7.89. The van der Waals surface area contributed by atoms with Gasteiger partial charge in [-0.1, -0.05) is 31.5 Å². The zero-order chi connectivity index (χ0) is 23.3. The molecule has 0 aromatic heterocycles. The quantitative estimate of drug-likeness (QED) is 0.455. The van der Waals surface area contributed by atoms with Gasteiger partial charge < -0.3 is 14.2 Å². The van der Waals surface area contributed by atoms with Crippen LogP contribution in [0.3, 0.4) is 0 Å². The van der Waals surface area contributed by atoms with E-state index in [9.17, 15) is 18.0 Å². The fourth-order valence-corrected chi connectivity index (χ4v) is 4.61. The van der Waals surface area contributed by atoms with Crippen molar-refractivity contribution in [2.75, 3.05) is 19.8 Å². The van der Waals surface area contributed by atoms with Gasteiger partial charge in [-0.05, 0) is 42.3 Å². The molecule has 32 heavy (non-hydrogen) atoms. The number of fused-ring (bicyclic) bond motifs is 1. The van der Waals surface area contributed by atoms with Crippen LogP contribution in [0.25, 0.3) is 0 Å². The third-order valence-electron chi connectivity index (χ3n) is 4.72. The molecular formula is C22H24ClNO7S. The number of carbonyl (C=O) groups excluding carboxylic acids is 2. The molecule has 0 radical (unpaired) electrons. The molecule has 0 fully saturated rings. The van der Waals surface area contributed by atoms with Crippen LogP contribution >= 0.6 is 11.6 Å². The van der Waals surface area contributed by atoms with Crippen LogP contribution in [0.15, 0.2) is 47.4 Å². The van der Waals surface area contributed by atoms with Gasteiger partial charge in [0.15, 0.2) is 23.9 Å². The number of ether oxygens (including phenoxy) is 3. The van der Waals surface area contributed by atoms with Crippen LogP contribution in [-0.2, 0) is 19.6 Å². The summed E-state index contributed by atoms with van der Waals surface area (Å²) in [5.74, 6) is -0.729. The first-order chi connectivity index (χ1) is 15.2. The number of ketones is 1. The van der Waals surface area contributed by atoms with Crippen LogP contribution < -0.4 is 14.2 Å². The van der Waals surface area contributed by atoms with Gasteiger partial charge in [-0.25, -0.2) is 8.42 Å². The smallest absolute Gasteiger partial charge is 0.324 e. The van der Waals surface area contributed by atoms with E-state index in [2.05, 4.69) is 4.72 Å². The predicted octanol–water partition coefficient (Wildman–Crippen LogP) is 3.23. The SMILES string of the molecule is CC(C)[C@H](NS(=O)(=O)c1cccc(Cl)c1)C(=O)OCC(=O)c1ccc2c(c1)OCCCO2. The van der Waals surface area contributed by atoms with Crippen LogP contribution in [-0.4, -0.2) is 46.0 Å². The maximum atomic E-state index is 12.7. The van der Waals surface area contributed by atoms with Gasteiger partial charge in [-0.3, -0.25) is 9.59 Å². The molecule has 0 spiro atoms. The van der Waals surface area contributed by atoms with E-state index in [1.807, 2.05) is 0 Å². The maximum Gasteiger partial charge on any atom is 0.324 e. The van der Waals surface area contributed by atoms with Crippen LogP contribution in [0, 0.1) is 5.92 Å². The molecule has 10 heteroatoms. The number of halogens is 1. The molecule has 2 aromatic carbocycles. The Labute approximate surface area is 191 Å². The number of rotatable bonds is 8. The first-order valence-electron chi connectivity index (χ1n) is 10.0. The van der Waals surface area contributed by atoms with E-state index >= 15 is 0 Å². The van der Waals surface area contributed by atoms with E-state index in [1.165, 1.54) is 18.2 Å². The second-order valence-corrected chi connectivity index (χ2v) is 9.69. The highest BCUT2D eigenvalue weighted by atomic mass is 35.5. The number of carbonyl (C=O) groups is 2. The number of nitrogens with one attached hydrogen (secondary N) is 1. The molecule has 0 aliphatic carbocycles. The summed E-state index contributed by atoms with van der Waals surface area (Å²) in [5, 5.41) is 0.247. The molecule has 0 amide bonds. The van der Waals surface area contributed by atoms with E-state index in [4.69, 9.17) is 25.8 Å². The minimum absolute atomic E-state index is 0.0771. The van der Waals surface area contributed by atoms with E-state index in [-0.39, 0.29) is 9.92 Å². The van der Waals surface area contributed by atoms with Crippen molar-refractivity contribution in [3.05, 3.63) is 53.1 Å². The Balaban J connectivity index is 1.66. The minimum Gasteiger partial charge on any atom is -0.490 e. The van der Waals surface area contributed by atoms with Crippen molar-refractivity contribution in [1.82, 2.24) is 4.72 Å². The molecule has 8 nitrogen and oxygen atoms in total. The second kappa shape index (κ2) is 10.3. The summed E-state index contributed by atoms with van der Waals surface area (Å²) >= 11 is 5.87. The predicted molar refractivity (Wildman–Crippen MR) is 118 cm³/mol. The zero-order valence-corrected chi connectivity index (χ0v) is 19.2. The first kappa shape index (κ1) is 24.0. The van der Waals surface area contributed by atoms with Gasteiger partial charge in [0.25, 0.3) is 0 Å². The standard InChI is InChI=1S/C22H24ClNO7S/c1-14(2)21(24-32(27,28)17-6-3-5-16(23)12-17)22(26)31-13-18(25)15-7-8-19-20(11-15)30-10-4-9-29-19/h3,5-8,11-12,14,21,24H,4,9-10,13H2,1-2H3/t21-/m0/s1. The highest BCUT2D eigenvalue weighted by Crippen LogP contribution is 2.30. The molecule has 3 rings (SSSR count). The van der Waals surface area contributed by atoms with E-state index < -0.39 is 40.3 Å². The third-order valence-corrected chi connectivity index (χ3v) is 6.40. The summed E-state index contributed by atoms with van der Waals surface area (Å²) in [4.78, 5) is 25.1. The lowest BCUT2D eigenvalue weighted by atomic mass is 10.1. The summed E-state index contributed by atoms with van der Waals surface area (Å²) in [7, 11) is -4.03. The van der Waals surface area contributed by atoms with Crippen molar-refractivity contribution in [2.45, 2.75) is 31.2 Å². The van der Waals surface area contributed by atoms with Crippen molar-refractivity contribution in [3.8, 4) is 11.5 Å². The van der Waals surface area contributed by atoms with E-state index in [1.54, 1.807) is 38.1 Å². The van der Waals surface area contributed by atoms with Gasteiger partial charge in [-0.15, -0.1) is 0 Å². The molecule has 0 saturated heterocycles. The summed E-state index contributed by atoms with van der Waals surface area (Å²) in [6.07, 6.45) is 0.733. The summed E-state index contributed by atoms with van der Waals surface area (Å²) in [5.41, 5.74) is 0.294. The van der Waals surface area contributed by atoms with Crippen molar-refractivity contribution in [3.63, 3.8) is 0 Å². The van der Waals surface area contributed by atoms with Crippen molar-refractivity contribution < 1.29 is 32.2 Å². The maximum absolute atomic E-state index is 12.7. The number of Topliss-reactive ketones (excluding diaryl/α,β-unsaturated/α-hetero) is 1. The Morgan fingerprint density at radius 3 is 2.50 bits per heavy atom. The number of hydrogen-bond donors (Lipinski definition) is 1. The molecule has 172 valence electrons. The van der Waals surface area contributed by atoms with Crippen LogP contribution in [0.1, 0.15) is 30.6 Å². The van der Waals surface area contributed by atoms with Gasteiger partial charge in [-0.2, -0.15) is 4.72 Å². The Morgan fingerprint density at radius 1 is 1.09 bits per heavy atom. The van der Waals surface area contributed by atoms with Gasteiger partial charge >= 0.3 is 5.97 Å². The largest absolute Gasteiger partial charge is 0.490 e. The fourth-order valence-electron chi connectivity index (χ4n) is 2.97. The molecule has 0 bridgehead atoms. The zero-order valence-electron chi connectivity index (χ0n) is 17.7. The average Bonchev–Trinajstić information content (AvgIpc) is 3.00. The fraction of sp³-hybridized carbons (Fsp3) is 0.364. The van der Waals surface area contributed by atoms with E-state index in [0.717, 1.165) is 6.42 Å². The Bertz CT molecular complexity index is 1100. The second-order valence-electron chi connectivity index (χ2n) is 7.54. The Hall–Kier alpha value is -2.62. The molecular weight excluding hydrogens is 458 g/mol. The van der Waals surface area contributed by atoms with Crippen LogP contribution in [0.5, 0.6) is 11.5 Å². The number of esters is 1. The summed E-state index contributed by atoms with van der Waals surface area (Å²) in [6.45, 7) is 3.79. The minimum atomic E-state index is -4.03. The van der Waals surface area contributed by atoms with Crippen molar-refractivity contribution in [1.29, 1.82) is 0 Å². The lowest BCUT2D eigenvalue weighted by molar-refractivity contribution is -0.145. The van der Waals surface area contributed by atoms with Crippen LogP contribution in [0.2, 0.25) is 5.02 Å². The van der Waals surface area contributed by atoms with Gasteiger partial charge in [0, 0.05) is 17.0 Å². The summed E-state index contributed by atoms with van der Waals surface area (Å²) < 4.78 is 43.9. The number of hydrogen-bond acceptors (Lipinski definition) is 7. The monoisotopic (exact) mass is 481 g/mol. The number of benzene rings is 2. The molecule has 0 saturated carbocycles. The Kier molecular flexibility index (Phi) is 7.76. The van der Waals surface area contributed by atoms with Gasteiger partial charge in [0.1, 0.15) is 6.04 Å². The van der Waals surface area contributed by atoms with E-state index in [0.29, 0.717) is 30.3 Å². The lowest BCUT2D eigenvalue weighted by Crippen LogP contribution is -2.45. The van der Waals surface area contributed by atoms with Gasteiger partial charge in [0.2, 0.25) is 10.0 Å². The molecule has 0 unspecified atom stereocenters. The lowest BCUT2D eigenvalue weighted by Gasteiger charge is -2.20. The van der Waals surface area contributed by atoms with Crippen molar-refractivity contribution >= 4 is 33.4 Å². The molecule has 1 N–H and O–H groups in total. The van der Waals surface area contributed by atoms with Gasteiger partial charge in [0.05, 0.1) is 18.1 Å². The number of sulfonamides is 1. The molecule has 2 aromatic rings. The van der Waals surface area contributed by atoms with Crippen LogP contribution in [0.4, 0.5) is 0 Å². The van der Waals surface area contributed by atoms with Crippen molar-refractivity contribution in [2.24, 2.45) is 5.92 Å².